The van der Waals surface area contributed by atoms with Crippen molar-refractivity contribution < 1.29 is 9.18 Å². The number of thiazole rings is 1. The molecule has 35 heavy (non-hydrogen) atoms. The number of hydrogen-bond acceptors (Lipinski definition) is 5. The van der Waals surface area contributed by atoms with Crippen LogP contribution in [0.15, 0.2) is 60.0 Å². The average molecular weight is 493 g/mol. The van der Waals surface area contributed by atoms with E-state index in [1.165, 1.54) is 17.7 Å². The Kier molecular flexibility index (Phi) is 7.86. The molecular weight excluding hydrogens is 459 g/mol. The maximum atomic E-state index is 13.2. The van der Waals surface area contributed by atoms with Gasteiger partial charge in [0.1, 0.15) is 10.8 Å². The van der Waals surface area contributed by atoms with Crippen LogP contribution in [0.5, 0.6) is 0 Å². The Morgan fingerprint density at radius 3 is 2.31 bits per heavy atom. The minimum absolute atomic E-state index is 0.229. The zero-order valence-electron chi connectivity index (χ0n) is 20.1. The minimum Gasteiger partial charge on any atom is -0.342 e. The molecule has 0 unspecified atom stereocenters. The van der Waals surface area contributed by atoms with E-state index in [0.29, 0.717) is 12.5 Å². The molecule has 7 heteroatoms. The number of hydrogen-bond donors (Lipinski definition) is 0. The van der Waals surface area contributed by atoms with Crippen LogP contribution < -0.4 is 0 Å². The average Bonchev–Trinajstić information content (AvgIpc) is 3.35. The molecule has 2 aliphatic heterocycles. The number of amides is 1. The van der Waals surface area contributed by atoms with E-state index in [0.717, 1.165) is 81.3 Å². The molecule has 1 aromatic heterocycles. The lowest BCUT2D eigenvalue weighted by atomic mass is 9.90. The fraction of sp³-hybridized carbons (Fsp3) is 0.429. The quantitative estimate of drug-likeness (QED) is 0.485. The van der Waals surface area contributed by atoms with Gasteiger partial charge in [0, 0.05) is 50.2 Å². The van der Waals surface area contributed by atoms with Crippen molar-refractivity contribution in [3.63, 3.8) is 0 Å². The van der Waals surface area contributed by atoms with Crippen molar-refractivity contribution in [2.45, 2.75) is 25.8 Å². The van der Waals surface area contributed by atoms with Crippen LogP contribution in [0.25, 0.3) is 11.3 Å². The third kappa shape index (κ3) is 6.54. The molecule has 2 saturated heterocycles. The first-order chi connectivity index (χ1) is 17.1. The number of piperidine rings is 1. The van der Waals surface area contributed by atoms with Crippen LogP contribution in [-0.4, -0.2) is 71.4 Å². The van der Waals surface area contributed by atoms with Crippen molar-refractivity contribution in [1.82, 2.24) is 19.7 Å². The molecule has 1 amide bonds. The maximum Gasteiger partial charge on any atom is 0.236 e. The summed E-state index contributed by atoms with van der Waals surface area (Å²) >= 11 is 1.65. The minimum atomic E-state index is -0.229. The monoisotopic (exact) mass is 492 g/mol. The van der Waals surface area contributed by atoms with Crippen molar-refractivity contribution in [3.8, 4) is 11.3 Å². The maximum absolute atomic E-state index is 13.2. The Bertz CT molecular complexity index is 1090. The zero-order valence-corrected chi connectivity index (χ0v) is 20.9. The van der Waals surface area contributed by atoms with Crippen LogP contribution in [0.2, 0.25) is 0 Å². The molecular formula is C28H33FN4OS. The first kappa shape index (κ1) is 24.1. The second-order valence-corrected chi connectivity index (χ2v) is 10.6. The van der Waals surface area contributed by atoms with Gasteiger partial charge in [-0.1, -0.05) is 30.3 Å². The molecule has 184 valence electrons. The molecule has 0 N–H and O–H groups in total. The Morgan fingerprint density at radius 1 is 0.914 bits per heavy atom. The van der Waals surface area contributed by atoms with Gasteiger partial charge in [0.25, 0.3) is 0 Å². The van der Waals surface area contributed by atoms with E-state index in [1.54, 1.807) is 23.5 Å². The van der Waals surface area contributed by atoms with Gasteiger partial charge in [-0.3, -0.25) is 14.6 Å². The number of rotatable bonds is 7. The van der Waals surface area contributed by atoms with Gasteiger partial charge < -0.3 is 4.90 Å². The molecule has 3 heterocycles. The summed E-state index contributed by atoms with van der Waals surface area (Å²) in [5.74, 6) is 0.730. The second-order valence-electron chi connectivity index (χ2n) is 9.70. The van der Waals surface area contributed by atoms with E-state index < -0.39 is 0 Å². The van der Waals surface area contributed by atoms with Crippen molar-refractivity contribution in [2.75, 3.05) is 45.8 Å². The molecule has 2 aromatic carbocycles. The topological polar surface area (TPSA) is 39.7 Å². The van der Waals surface area contributed by atoms with Crippen LogP contribution in [0.1, 0.15) is 23.4 Å². The lowest BCUT2D eigenvalue weighted by molar-refractivity contribution is -0.134. The summed E-state index contributed by atoms with van der Waals surface area (Å²) in [6.45, 7) is 6.83. The molecule has 3 aromatic rings. The third-order valence-corrected chi connectivity index (χ3v) is 8.04. The summed E-state index contributed by atoms with van der Waals surface area (Å²) in [5, 5.41) is 3.12. The number of likely N-dealkylation sites (tertiary alicyclic amines) is 1. The molecule has 2 fully saturated rings. The lowest BCUT2D eigenvalue weighted by Gasteiger charge is -2.37. The van der Waals surface area contributed by atoms with Crippen LogP contribution >= 0.6 is 11.3 Å². The first-order valence-corrected chi connectivity index (χ1v) is 13.5. The van der Waals surface area contributed by atoms with Crippen molar-refractivity contribution in [1.29, 1.82) is 0 Å². The van der Waals surface area contributed by atoms with E-state index in [4.69, 9.17) is 4.98 Å². The van der Waals surface area contributed by atoms with E-state index in [2.05, 4.69) is 45.0 Å². The molecule has 0 bridgehead atoms. The van der Waals surface area contributed by atoms with Crippen LogP contribution in [0.3, 0.4) is 0 Å². The fourth-order valence-corrected chi connectivity index (χ4v) is 5.90. The molecule has 0 radical (unpaired) electrons. The van der Waals surface area contributed by atoms with Crippen LogP contribution in [0.4, 0.5) is 4.39 Å². The van der Waals surface area contributed by atoms with Gasteiger partial charge in [-0.25, -0.2) is 9.37 Å². The van der Waals surface area contributed by atoms with Crippen molar-refractivity contribution in [2.24, 2.45) is 5.92 Å². The van der Waals surface area contributed by atoms with Crippen LogP contribution in [-0.2, 0) is 17.8 Å². The molecule has 0 saturated carbocycles. The van der Waals surface area contributed by atoms with Crippen molar-refractivity contribution >= 4 is 17.2 Å². The van der Waals surface area contributed by atoms with Gasteiger partial charge in [0.2, 0.25) is 5.91 Å². The molecule has 5 nitrogen and oxygen atoms in total. The lowest BCUT2D eigenvalue weighted by Crippen LogP contribution is -2.50. The molecule has 0 spiro atoms. The first-order valence-electron chi connectivity index (χ1n) is 12.6. The van der Waals surface area contributed by atoms with E-state index >= 15 is 0 Å². The molecule has 0 aliphatic carbocycles. The van der Waals surface area contributed by atoms with Crippen LogP contribution in [0, 0.1) is 11.7 Å². The van der Waals surface area contributed by atoms with Gasteiger partial charge in [0.15, 0.2) is 0 Å². The molecule has 0 atom stereocenters. The Balaban J connectivity index is 1.03. The Labute approximate surface area is 211 Å². The number of nitrogens with zero attached hydrogens (tertiary/aromatic N) is 4. The number of aromatic nitrogens is 1. The third-order valence-electron chi connectivity index (χ3n) is 7.21. The highest BCUT2D eigenvalue weighted by Gasteiger charge is 2.26. The summed E-state index contributed by atoms with van der Waals surface area (Å²) < 4.78 is 13.2. The van der Waals surface area contributed by atoms with Gasteiger partial charge in [0.05, 0.1) is 18.8 Å². The summed E-state index contributed by atoms with van der Waals surface area (Å²) in [5.41, 5.74) is 3.25. The SMILES string of the molecule is O=C(CN1CCN(Cc2nc(-c3ccc(F)cc3)cs2)CC1)N1CCC(Cc2ccccc2)CC1. The van der Waals surface area contributed by atoms with Gasteiger partial charge >= 0.3 is 0 Å². The zero-order chi connectivity index (χ0) is 24.0. The number of piperazine rings is 1. The van der Waals surface area contributed by atoms with Gasteiger partial charge in [-0.2, -0.15) is 0 Å². The van der Waals surface area contributed by atoms with Crippen molar-refractivity contribution in [3.05, 3.63) is 76.4 Å². The Morgan fingerprint density at radius 2 is 1.60 bits per heavy atom. The van der Waals surface area contributed by atoms with Gasteiger partial charge in [-0.05, 0) is 55.0 Å². The fourth-order valence-electron chi connectivity index (χ4n) is 5.06. The predicted octanol–water partition coefficient (Wildman–Crippen LogP) is 4.55. The normalized spacial score (nSPS) is 18.1. The highest BCUT2D eigenvalue weighted by molar-refractivity contribution is 7.09. The summed E-state index contributed by atoms with van der Waals surface area (Å²) in [7, 11) is 0. The largest absolute Gasteiger partial charge is 0.342 e. The summed E-state index contributed by atoms with van der Waals surface area (Å²) in [6, 6.07) is 17.2. The number of halogens is 1. The van der Waals surface area contributed by atoms with Gasteiger partial charge in [-0.15, -0.1) is 11.3 Å². The molecule has 2 aliphatic rings. The summed E-state index contributed by atoms with van der Waals surface area (Å²) in [6.07, 6.45) is 3.32. The van der Waals surface area contributed by atoms with E-state index in [-0.39, 0.29) is 11.7 Å². The number of carbonyl (C=O) groups is 1. The smallest absolute Gasteiger partial charge is 0.236 e. The highest BCUT2D eigenvalue weighted by Crippen LogP contribution is 2.24. The number of benzene rings is 2. The predicted molar refractivity (Wildman–Crippen MR) is 139 cm³/mol. The van der Waals surface area contributed by atoms with E-state index in [1.807, 2.05) is 5.38 Å². The summed E-state index contributed by atoms with van der Waals surface area (Å²) in [4.78, 5) is 24.4. The standard InChI is InChI=1S/C28H33FN4OS/c29-25-8-6-24(7-9-25)26-21-35-27(30-26)19-31-14-16-32(17-15-31)20-28(34)33-12-10-23(11-13-33)18-22-4-2-1-3-5-22/h1-9,21,23H,10-20H2. The highest BCUT2D eigenvalue weighted by atomic mass is 32.1. The molecule has 5 rings (SSSR count). The number of carbonyl (C=O) groups excluding carboxylic acids is 1. The van der Waals surface area contributed by atoms with E-state index in [9.17, 15) is 9.18 Å². The Hall–Kier alpha value is -2.61. The second kappa shape index (κ2) is 11.4.